The molecule has 0 aliphatic carbocycles. The molecule has 0 fully saturated rings. The second kappa shape index (κ2) is 5.97. The monoisotopic (exact) mass is 289 g/mol. The normalized spacial score (nSPS) is 10.3. The number of carbonyl (C=O) groups is 1. The van der Waals surface area contributed by atoms with Gasteiger partial charge in [0, 0.05) is 18.6 Å². The molecule has 104 valence electrons. The first kappa shape index (κ1) is 14.4. The number of amides is 1. The summed E-state index contributed by atoms with van der Waals surface area (Å²) in [5.74, 6) is -0.213. The summed E-state index contributed by atoms with van der Waals surface area (Å²) in [6, 6.07) is 12.4. The zero-order valence-electron chi connectivity index (χ0n) is 11.4. The van der Waals surface area contributed by atoms with E-state index >= 15 is 0 Å². The third kappa shape index (κ3) is 3.31. The van der Waals surface area contributed by atoms with Crippen LogP contribution in [0.1, 0.15) is 21.5 Å². The third-order valence-electron chi connectivity index (χ3n) is 3.04. The quantitative estimate of drug-likeness (QED) is 0.937. The summed E-state index contributed by atoms with van der Waals surface area (Å²) < 4.78 is 0. The molecule has 20 heavy (non-hydrogen) atoms. The van der Waals surface area contributed by atoms with Crippen LogP contribution in [0.4, 0.5) is 0 Å². The molecule has 0 unspecified atom stereocenters. The molecular weight excluding hydrogens is 274 g/mol. The highest BCUT2D eigenvalue weighted by Gasteiger charge is 2.16. The second-order valence-corrected chi connectivity index (χ2v) is 5.25. The fourth-order valence-electron chi connectivity index (χ4n) is 2.01. The van der Waals surface area contributed by atoms with Gasteiger partial charge in [-0.25, -0.2) is 0 Å². The van der Waals surface area contributed by atoms with E-state index in [1.807, 2.05) is 25.1 Å². The van der Waals surface area contributed by atoms with E-state index < -0.39 is 0 Å². The number of carbonyl (C=O) groups excluding carboxylic acids is 1. The largest absolute Gasteiger partial charge is 0.507 e. The number of hydrogen-bond donors (Lipinski definition) is 1. The van der Waals surface area contributed by atoms with Gasteiger partial charge in [-0.15, -0.1) is 0 Å². The molecule has 1 amide bonds. The fourth-order valence-corrected chi connectivity index (χ4v) is 2.22. The Balaban J connectivity index is 2.16. The average molecular weight is 290 g/mol. The smallest absolute Gasteiger partial charge is 0.257 e. The predicted octanol–water partition coefficient (Wildman–Crippen LogP) is 3.63. The summed E-state index contributed by atoms with van der Waals surface area (Å²) in [7, 11) is 1.70. The minimum Gasteiger partial charge on any atom is -0.507 e. The molecule has 2 rings (SSSR count). The molecule has 0 aromatic heterocycles. The van der Waals surface area contributed by atoms with E-state index in [4.69, 9.17) is 11.6 Å². The maximum atomic E-state index is 12.3. The second-order valence-electron chi connectivity index (χ2n) is 4.81. The number of aromatic hydroxyl groups is 1. The van der Waals surface area contributed by atoms with Crippen molar-refractivity contribution in [2.24, 2.45) is 0 Å². The molecule has 2 aromatic rings. The Bertz CT molecular complexity index is 640. The van der Waals surface area contributed by atoms with Crippen LogP contribution in [-0.2, 0) is 6.54 Å². The molecule has 0 saturated carbocycles. The van der Waals surface area contributed by atoms with Crippen LogP contribution in [0.2, 0.25) is 5.02 Å². The first-order valence-electron chi connectivity index (χ1n) is 6.27. The van der Waals surface area contributed by atoms with Gasteiger partial charge >= 0.3 is 0 Å². The van der Waals surface area contributed by atoms with Gasteiger partial charge < -0.3 is 10.0 Å². The van der Waals surface area contributed by atoms with Crippen molar-refractivity contribution < 1.29 is 9.90 Å². The molecule has 0 spiro atoms. The minimum absolute atomic E-state index is 0.00736. The SMILES string of the molecule is Cc1ccc(C(=O)N(C)Cc2cccc(Cl)c2)c(O)c1. The molecule has 0 radical (unpaired) electrons. The number of aryl methyl sites for hydroxylation is 1. The maximum Gasteiger partial charge on any atom is 0.257 e. The van der Waals surface area contributed by atoms with Crippen LogP contribution in [0.15, 0.2) is 42.5 Å². The summed E-state index contributed by atoms with van der Waals surface area (Å²) in [4.78, 5) is 13.9. The molecule has 3 nitrogen and oxygen atoms in total. The van der Waals surface area contributed by atoms with Gasteiger partial charge in [0.2, 0.25) is 0 Å². The van der Waals surface area contributed by atoms with E-state index in [1.165, 1.54) is 0 Å². The van der Waals surface area contributed by atoms with Crippen LogP contribution in [-0.4, -0.2) is 23.0 Å². The van der Waals surface area contributed by atoms with Crippen molar-refractivity contribution in [1.29, 1.82) is 0 Å². The molecule has 4 heteroatoms. The number of rotatable bonds is 3. The fraction of sp³-hybridized carbons (Fsp3) is 0.188. The van der Waals surface area contributed by atoms with E-state index in [-0.39, 0.29) is 11.7 Å². The Morgan fingerprint density at radius 3 is 2.65 bits per heavy atom. The Morgan fingerprint density at radius 1 is 1.25 bits per heavy atom. The highest BCUT2D eigenvalue weighted by molar-refractivity contribution is 6.30. The number of phenolic OH excluding ortho intramolecular Hbond substituents is 1. The average Bonchev–Trinajstić information content (AvgIpc) is 2.38. The third-order valence-corrected chi connectivity index (χ3v) is 3.27. The summed E-state index contributed by atoms with van der Waals surface area (Å²) in [5.41, 5.74) is 2.16. The molecule has 2 aromatic carbocycles. The lowest BCUT2D eigenvalue weighted by Gasteiger charge is -2.18. The Labute approximate surface area is 123 Å². The Morgan fingerprint density at radius 2 is 2.00 bits per heavy atom. The van der Waals surface area contributed by atoms with Gasteiger partial charge in [-0.05, 0) is 42.3 Å². The Kier molecular flexibility index (Phi) is 4.30. The van der Waals surface area contributed by atoms with Crippen molar-refractivity contribution >= 4 is 17.5 Å². The number of hydrogen-bond acceptors (Lipinski definition) is 2. The molecule has 0 aliphatic heterocycles. The van der Waals surface area contributed by atoms with Gasteiger partial charge in [-0.2, -0.15) is 0 Å². The van der Waals surface area contributed by atoms with Crippen molar-refractivity contribution in [3.63, 3.8) is 0 Å². The van der Waals surface area contributed by atoms with Gasteiger partial charge in [0.15, 0.2) is 0 Å². The number of halogens is 1. The molecule has 0 saturated heterocycles. The number of phenols is 1. The standard InChI is InChI=1S/C16H16ClNO2/c1-11-6-7-14(15(19)8-11)16(20)18(2)10-12-4-3-5-13(17)9-12/h3-9,19H,10H2,1-2H3. The highest BCUT2D eigenvalue weighted by Crippen LogP contribution is 2.21. The van der Waals surface area contributed by atoms with Crippen molar-refractivity contribution in [2.75, 3.05) is 7.05 Å². The Hall–Kier alpha value is -2.00. The molecule has 1 N–H and O–H groups in total. The van der Waals surface area contributed by atoms with Crippen LogP contribution >= 0.6 is 11.6 Å². The highest BCUT2D eigenvalue weighted by atomic mass is 35.5. The van der Waals surface area contributed by atoms with Crippen LogP contribution in [0.25, 0.3) is 0 Å². The van der Waals surface area contributed by atoms with Gasteiger partial charge in [0.25, 0.3) is 5.91 Å². The molecule has 0 heterocycles. The van der Waals surface area contributed by atoms with E-state index in [0.717, 1.165) is 11.1 Å². The first-order chi connectivity index (χ1) is 9.47. The van der Waals surface area contributed by atoms with Crippen molar-refractivity contribution in [1.82, 2.24) is 4.90 Å². The molecular formula is C16H16ClNO2. The van der Waals surface area contributed by atoms with Gasteiger partial charge in [-0.3, -0.25) is 4.79 Å². The van der Waals surface area contributed by atoms with E-state index in [9.17, 15) is 9.90 Å². The van der Waals surface area contributed by atoms with Crippen molar-refractivity contribution in [2.45, 2.75) is 13.5 Å². The van der Waals surface area contributed by atoms with Crippen molar-refractivity contribution in [3.8, 4) is 5.75 Å². The van der Waals surface area contributed by atoms with Crippen LogP contribution in [0.5, 0.6) is 5.75 Å². The molecule has 0 aliphatic rings. The van der Waals surface area contributed by atoms with E-state index in [1.54, 1.807) is 36.2 Å². The number of nitrogens with zero attached hydrogens (tertiary/aromatic N) is 1. The topological polar surface area (TPSA) is 40.5 Å². The summed E-state index contributed by atoms with van der Waals surface area (Å²) in [6.45, 7) is 2.30. The lowest BCUT2D eigenvalue weighted by Crippen LogP contribution is -2.26. The zero-order chi connectivity index (χ0) is 14.7. The van der Waals surface area contributed by atoms with Crippen LogP contribution in [0.3, 0.4) is 0 Å². The van der Waals surface area contributed by atoms with Crippen LogP contribution in [0, 0.1) is 6.92 Å². The van der Waals surface area contributed by atoms with Crippen LogP contribution < -0.4 is 0 Å². The zero-order valence-corrected chi connectivity index (χ0v) is 12.2. The van der Waals surface area contributed by atoms with E-state index in [2.05, 4.69) is 0 Å². The first-order valence-corrected chi connectivity index (χ1v) is 6.64. The maximum absolute atomic E-state index is 12.3. The molecule has 0 bridgehead atoms. The summed E-state index contributed by atoms with van der Waals surface area (Å²) >= 11 is 5.92. The summed E-state index contributed by atoms with van der Waals surface area (Å²) in [6.07, 6.45) is 0. The van der Waals surface area contributed by atoms with Gasteiger partial charge in [-0.1, -0.05) is 29.8 Å². The van der Waals surface area contributed by atoms with Crippen molar-refractivity contribution in [3.05, 3.63) is 64.2 Å². The lowest BCUT2D eigenvalue weighted by atomic mass is 10.1. The van der Waals surface area contributed by atoms with Gasteiger partial charge in [0.05, 0.1) is 5.56 Å². The lowest BCUT2D eigenvalue weighted by molar-refractivity contribution is 0.0782. The minimum atomic E-state index is -0.220. The van der Waals surface area contributed by atoms with Gasteiger partial charge in [0.1, 0.15) is 5.75 Å². The molecule has 0 atom stereocenters. The van der Waals surface area contributed by atoms with E-state index in [0.29, 0.717) is 17.1 Å². The predicted molar refractivity (Wildman–Crippen MR) is 80.1 cm³/mol. The summed E-state index contributed by atoms with van der Waals surface area (Å²) in [5, 5.41) is 10.5. The number of benzene rings is 2.